The SMILES string of the molecule is Cc1cc(N2CCN(C(=O)c3ccc(Cl)c(Cl)c3)CC2)no1. The van der Waals surface area contributed by atoms with Gasteiger partial charge in [-0.15, -0.1) is 0 Å². The van der Waals surface area contributed by atoms with Crippen LogP contribution in [0.3, 0.4) is 0 Å². The van der Waals surface area contributed by atoms with Crippen LogP contribution in [0.25, 0.3) is 0 Å². The lowest BCUT2D eigenvalue weighted by Crippen LogP contribution is -2.48. The molecule has 2 heterocycles. The van der Waals surface area contributed by atoms with E-state index in [9.17, 15) is 4.79 Å². The second-order valence-electron chi connectivity index (χ2n) is 5.20. The molecule has 0 radical (unpaired) electrons. The van der Waals surface area contributed by atoms with Crippen LogP contribution in [0.1, 0.15) is 16.1 Å². The summed E-state index contributed by atoms with van der Waals surface area (Å²) in [7, 11) is 0. The number of hydrogen-bond acceptors (Lipinski definition) is 4. The summed E-state index contributed by atoms with van der Waals surface area (Å²) in [5.41, 5.74) is 0.556. The molecule has 22 heavy (non-hydrogen) atoms. The van der Waals surface area contributed by atoms with Crippen molar-refractivity contribution in [3.8, 4) is 0 Å². The Morgan fingerprint density at radius 2 is 1.86 bits per heavy atom. The number of aromatic nitrogens is 1. The number of aryl methyl sites for hydroxylation is 1. The lowest BCUT2D eigenvalue weighted by atomic mass is 10.2. The number of anilines is 1. The van der Waals surface area contributed by atoms with Crippen LogP contribution in [0, 0.1) is 6.92 Å². The number of halogens is 2. The topological polar surface area (TPSA) is 49.6 Å². The van der Waals surface area contributed by atoms with E-state index in [1.54, 1.807) is 18.2 Å². The Bertz CT molecular complexity index is 694. The molecule has 7 heteroatoms. The molecule has 0 aliphatic carbocycles. The standard InChI is InChI=1S/C15H15Cl2N3O2/c1-10-8-14(18-22-10)19-4-6-20(7-5-19)15(21)11-2-3-12(16)13(17)9-11/h2-3,8-9H,4-7H2,1H3. The summed E-state index contributed by atoms with van der Waals surface area (Å²) in [6, 6.07) is 6.85. The molecule has 0 unspecified atom stereocenters. The summed E-state index contributed by atoms with van der Waals surface area (Å²) >= 11 is 11.9. The van der Waals surface area contributed by atoms with Gasteiger partial charge in [0.2, 0.25) is 0 Å². The van der Waals surface area contributed by atoms with Crippen LogP contribution in [-0.4, -0.2) is 42.1 Å². The minimum absolute atomic E-state index is 0.0328. The fourth-order valence-corrected chi connectivity index (χ4v) is 2.75. The van der Waals surface area contributed by atoms with Crippen LogP contribution in [0.5, 0.6) is 0 Å². The van der Waals surface area contributed by atoms with Crippen LogP contribution in [0.15, 0.2) is 28.8 Å². The fraction of sp³-hybridized carbons (Fsp3) is 0.333. The minimum Gasteiger partial charge on any atom is -0.360 e. The van der Waals surface area contributed by atoms with Gasteiger partial charge in [-0.3, -0.25) is 4.79 Å². The first-order valence-corrected chi connectivity index (χ1v) is 7.73. The molecule has 0 bridgehead atoms. The molecule has 1 aromatic carbocycles. The van der Waals surface area contributed by atoms with E-state index in [0.29, 0.717) is 28.7 Å². The monoisotopic (exact) mass is 339 g/mol. The molecular weight excluding hydrogens is 325 g/mol. The molecule has 3 rings (SSSR count). The first-order chi connectivity index (χ1) is 10.5. The molecule has 0 atom stereocenters. The van der Waals surface area contributed by atoms with E-state index >= 15 is 0 Å². The molecule has 1 amide bonds. The Labute approximate surface area is 138 Å². The Morgan fingerprint density at radius 3 is 2.45 bits per heavy atom. The molecule has 1 aliphatic rings. The van der Waals surface area contributed by atoms with Crippen molar-refractivity contribution in [1.82, 2.24) is 10.1 Å². The molecule has 2 aromatic rings. The number of piperazine rings is 1. The van der Waals surface area contributed by atoms with E-state index < -0.39 is 0 Å². The predicted molar refractivity (Wildman–Crippen MR) is 85.8 cm³/mol. The fourth-order valence-electron chi connectivity index (χ4n) is 2.45. The Hall–Kier alpha value is -1.72. The van der Waals surface area contributed by atoms with E-state index in [2.05, 4.69) is 10.1 Å². The molecule has 0 saturated carbocycles. The molecule has 1 aromatic heterocycles. The van der Waals surface area contributed by atoms with Crippen molar-refractivity contribution in [2.75, 3.05) is 31.1 Å². The van der Waals surface area contributed by atoms with Crippen molar-refractivity contribution in [3.63, 3.8) is 0 Å². The molecule has 116 valence electrons. The zero-order valence-corrected chi connectivity index (χ0v) is 13.6. The first kappa shape index (κ1) is 15.2. The van der Waals surface area contributed by atoms with E-state index in [-0.39, 0.29) is 5.91 Å². The molecular formula is C15H15Cl2N3O2. The maximum atomic E-state index is 12.5. The summed E-state index contributed by atoms with van der Waals surface area (Å²) < 4.78 is 5.09. The van der Waals surface area contributed by atoms with Crippen molar-refractivity contribution in [2.45, 2.75) is 6.92 Å². The van der Waals surface area contributed by atoms with Gasteiger partial charge in [0.1, 0.15) is 5.76 Å². The van der Waals surface area contributed by atoms with Crippen molar-refractivity contribution < 1.29 is 9.32 Å². The van der Waals surface area contributed by atoms with E-state index in [1.807, 2.05) is 17.9 Å². The summed E-state index contributed by atoms with van der Waals surface area (Å²) in [5.74, 6) is 1.57. The van der Waals surface area contributed by atoms with Crippen LogP contribution in [0.2, 0.25) is 10.0 Å². The summed E-state index contributed by atoms with van der Waals surface area (Å²) in [5, 5.41) is 4.85. The lowest BCUT2D eigenvalue weighted by molar-refractivity contribution is 0.0746. The van der Waals surface area contributed by atoms with Gasteiger partial charge in [0.25, 0.3) is 5.91 Å². The second kappa shape index (κ2) is 6.18. The van der Waals surface area contributed by atoms with Gasteiger partial charge in [-0.05, 0) is 25.1 Å². The summed E-state index contributed by atoms with van der Waals surface area (Å²) in [4.78, 5) is 16.4. The highest BCUT2D eigenvalue weighted by Gasteiger charge is 2.24. The van der Waals surface area contributed by atoms with Gasteiger partial charge in [-0.1, -0.05) is 28.4 Å². The van der Waals surface area contributed by atoms with Gasteiger partial charge >= 0.3 is 0 Å². The average Bonchev–Trinajstić information content (AvgIpc) is 2.96. The lowest BCUT2D eigenvalue weighted by Gasteiger charge is -2.34. The largest absolute Gasteiger partial charge is 0.360 e. The first-order valence-electron chi connectivity index (χ1n) is 6.97. The van der Waals surface area contributed by atoms with Gasteiger partial charge in [0.05, 0.1) is 10.0 Å². The van der Waals surface area contributed by atoms with Crippen molar-refractivity contribution in [1.29, 1.82) is 0 Å². The van der Waals surface area contributed by atoms with Gasteiger partial charge in [-0.2, -0.15) is 0 Å². The highest BCUT2D eigenvalue weighted by atomic mass is 35.5. The van der Waals surface area contributed by atoms with Gasteiger partial charge < -0.3 is 14.3 Å². The normalized spacial score (nSPS) is 15.2. The minimum atomic E-state index is -0.0328. The Kier molecular flexibility index (Phi) is 4.27. The molecule has 1 aliphatic heterocycles. The number of hydrogen-bond donors (Lipinski definition) is 0. The van der Waals surface area contributed by atoms with Crippen LogP contribution in [-0.2, 0) is 0 Å². The quantitative estimate of drug-likeness (QED) is 0.842. The maximum absolute atomic E-state index is 12.5. The van der Waals surface area contributed by atoms with Crippen LogP contribution in [0.4, 0.5) is 5.82 Å². The maximum Gasteiger partial charge on any atom is 0.254 e. The molecule has 1 saturated heterocycles. The number of benzene rings is 1. The zero-order valence-electron chi connectivity index (χ0n) is 12.1. The number of rotatable bonds is 2. The summed E-state index contributed by atoms with van der Waals surface area (Å²) in [6.07, 6.45) is 0. The Morgan fingerprint density at radius 1 is 1.14 bits per heavy atom. The van der Waals surface area contributed by atoms with Crippen molar-refractivity contribution in [3.05, 3.63) is 45.6 Å². The van der Waals surface area contributed by atoms with E-state index in [4.69, 9.17) is 27.7 Å². The van der Waals surface area contributed by atoms with Crippen molar-refractivity contribution >= 4 is 34.9 Å². The third-order valence-electron chi connectivity index (χ3n) is 3.67. The number of amides is 1. The third kappa shape index (κ3) is 3.05. The van der Waals surface area contributed by atoms with Gasteiger partial charge in [0, 0.05) is 37.8 Å². The number of carbonyl (C=O) groups excluding carboxylic acids is 1. The highest BCUT2D eigenvalue weighted by Crippen LogP contribution is 2.24. The molecule has 0 N–H and O–H groups in total. The highest BCUT2D eigenvalue weighted by molar-refractivity contribution is 6.42. The second-order valence-corrected chi connectivity index (χ2v) is 6.02. The van der Waals surface area contributed by atoms with E-state index in [0.717, 1.165) is 24.7 Å². The van der Waals surface area contributed by atoms with Gasteiger partial charge in [0.15, 0.2) is 5.82 Å². The van der Waals surface area contributed by atoms with E-state index in [1.165, 1.54) is 0 Å². The van der Waals surface area contributed by atoms with Crippen molar-refractivity contribution in [2.24, 2.45) is 0 Å². The zero-order chi connectivity index (χ0) is 15.7. The average molecular weight is 340 g/mol. The Balaban J connectivity index is 1.65. The molecule has 0 spiro atoms. The number of nitrogens with zero attached hydrogens (tertiary/aromatic N) is 3. The smallest absolute Gasteiger partial charge is 0.254 e. The summed E-state index contributed by atoms with van der Waals surface area (Å²) in [6.45, 7) is 4.56. The van der Waals surface area contributed by atoms with Crippen LogP contribution >= 0.6 is 23.2 Å². The van der Waals surface area contributed by atoms with Gasteiger partial charge in [-0.25, -0.2) is 0 Å². The predicted octanol–water partition coefficient (Wildman–Crippen LogP) is 3.25. The molecule has 1 fully saturated rings. The number of carbonyl (C=O) groups is 1. The third-order valence-corrected chi connectivity index (χ3v) is 4.41. The van der Waals surface area contributed by atoms with Crippen LogP contribution < -0.4 is 4.90 Å². The molecule has 5 nitrogen and oxygen atoms in total.